The Balaban J connectivity index is 2.14. The number of carbonyl (C=O) groups excluding carboxylic acids is 2. The van der Waals surface area contributed by atoms with Crippen LogP contribution in [0.15, 0.2) is 42.5 Å². The Morgan fingerprint density at radius 3 is 2.14 bits per heavy atom. The van der Waals surface area contributed by atoms with Gasteiger partial charge in [0.05, 0.1) is 11.4 Å². The number of nitrogen functional groups attached to an aromatic ring is 1. The number of ketones is 1. The van der Waals surface area contributed by atoms with Gasteiger partial charge < -0.3 is 15.8 Å². The van der Waals surface area contributed by atoms with E-state index in [0.717, 1.165) is 0 Å². The van der Waals surface area contributed by atoms with E-state index in [4.69, 9.17) is 10.5 Å². The van der Waals surface area contributed by atoms with Crippen LogP contribution in [-0.4, -0.2) is 11.7 Å². The molecule has 0 aliphatic rings. The van der Waals surface area contributed by atoms with E-state index < -0.39 is 0 Å². The van der Waals surface area contributed by atoms with E-state index >= 15 is 0 Å². The predicted octanol–water partition coefficient (Wildman–Crippen LogP) is 3.22. The normalized spacial score (nSPS) is 10.0. The largest absolute Gasteiger partial charge is 0.457 e. The third kappa shape index (κ3) is 3.82. The fourth-order valence-electron chi connectivity index (χ4n) is 1.80. The molecule has 21 heavy (non-hydrogen) atoms. The number of hydrogen-bond donors (Lipinski definition) is 2. The third-order valence-electron chi connectivity index (χ3n) is 2.83. The van der Waals surface area contributed by atoms with Crippen LogP contribution in [0.1, 0.15) is 24.2 Å². The van der Waals surface area contributed by atoms with E-state index in [2.05, 4.69) is 5.32 Å². The summed E-state index contributed by atoms with van der Waals surface area (Å²) in [7, 11) is 0. The Kier molecular flexibility index (Phi) is 4.23. The Bertz CT molecular complexity index is 678. The smallest absolute Gasteiger partial charge is 0.221 e. The summed E-state index contributed by atoms with van der Waals surface area (Å²) in [6.07, 6.45) is 0. The molecule has 0 saturated heterocycles. The molecule has 3 N–H and O–H groups in total. The van der Waals surface area contributed by atoms with Gasteiger partial charge in [-0.2, -0.15) is 0 Å². The SMILES string of the molecule is CC(=O)Nc1ccc(Oc2ccc(C(C)=O)cc2)cc1N. The van der Waals surface area contributed by atoms with Gasteiger partial charge in [-0.1, -0.05) is 0 Å². The quantitative estimate of drug-likeness (QED) is 0.667. The molecule has 0 fully saturated rings. The number of carbonyl (C=O) groups is 2. The summed E-state index contributed by atoms with van der Waals surface area (Å²) < 4.78 is 5.65. The molecule has 1 amide bonds. The lowest BCUT2D eigenvalue weighted by Gasteiger charge is -2.10. The van der Waals surface area contributed by atoms with E-state index in [-0.39, 0.29) is 11.7 Å². The van der Waals surface area contributed by atoms with E-state index in [9.17, 15) is 9.59 Å². The van der Waals surface area contributed by atoms with Gasteiger partial charge in [0.15, 0.2) is 5.78 Å². The molecule has 0 spiro atoms. The van der Waals surface area contributed by atoms with Crippen LogP contribution >= 0.6 is 0 Å². The average molecular weight is 284 g/mol. The third-order valence-corrected chi connectivity index (χ3v) is 2.83. The second-order valence-corrected chi connectivity index (χ2v) is 4.61. The number of hydrogen-bond acceptors (Lipinski definition) is 4. The van der Waals surface area contributed by atoms with Crippen molar-refractivity contribution in [1.29, 1.82) is 0 Å². The zero-order valence-electron chi connectivity index (χ0n) is 11.8. The molecular formula is C16H16N2O3. The lowest BCUT2D eigenvalue weighted by atomic mass is 10.1. The Morgan fingerprint density at radius 2 is 1.62 bits per heavy atom. The van der Waals surface area contributed by atoms with Gasteiger partial charge in [-0.3, -0.25) is 9.59 Å². The Morgan fingerprint density at radius 1 is 1.00 bits per heavy atom. The van der Waals surface area contributed by atoms with Gasteiger partial charge >= 0.3 is 0 Å². The van der Waals surface area contributed by atoms with Crippen LogP contribution in [0.25, 0.3) is 0 Å². The van der Waals surface area contributed by atoms with Crippen molar-refractivity contribution in [3.8, 4) is 11.5 Å². The highest BCUT2D eigenvalue weighted by molar-refractivity contribution is 5.94. The Labute approximate surface area is 122 Å². The van der Waals surface area contributed by atoms with E-state index in [1.54, 1.807) is 42.5 Å². The second-order valence-electron chi connectivity index (χ2n) is 4.61. The second kappa shape index (κ2) is 6.09. The predicted molar refractivity (Wildman–Crippen MR) is 81.7 cm³/mol. The van der Waals surface area contributed by atoms with Gasteiger partial charge in [-0.25, -0.2) is 0 Å². The molecule has 2 aromatic rings. The Hall–Kier alpha value is -2.82. The van der Waals surface area contributed by atoms with Crippen LogP contribution in [-0.2, 0) is 4.79 Å². The van der Waals surface area contributed by atoms with Crippen LogP contribution < -0.4 is 15.8 Å². The highest BCUT2D eigenvalue weighted by atomic mass is 16.5. The van der Waals surface area contributed by atoms with Gasteiger partial charge in [0.1, 0.15) is 11.5 Å². The number of ether oxygens (including phenoxy) is 1. The van der Waals surface area contributed by atoms with Gasteiger partial charge in [-0.15, -0.1) is 0 Å². The van der Waals surface area contributed by atoms with E-state index in [1.165, 1.54) is 13.8 Å². The molecule has 0 radical (unpaired) electrons. The van der Waals surface area contributed by atoms with Crippen LogP contribution in [0, 0.1) is 0 Å². The summed E-state index contributed by atoms with van der Waals surface area (Å²) in [4.78, 5) is 22.2. The zero-order chi connectivity index (χ0) is 15.4. The summed E-state index contributed by atoms with van der Waals surface area (Å²) in [5.74, 6) is 0.976. The molecule has 0 bridgehead atoms. The van der Waals surface area contributed by atoms with Crippen LogP contribution in [0.5, 0.6) is 11.5 Å². The fraction of sp³-hybridized carbons (Fsp3) is 0.125. The molecule has 108 valence electrons. The van der Waals surface area contributed by atoms with E-state index in [1.807, 2.05) is 0 Å². The average Bonchev–Trinajstić information content (AvgIpc) is 2.42. The first-order chi connectivity index (χ1) is 9.95. The topological polar surface area (TPSA) is 81.4 Å². The van der Waals surface area contributed by atoms with Crippen molar-refractivity contribution < 1.29 is 14.3 Å². The molecule has 0 saturated carbocycles. The van der Waals surface area contributed by atoms with Gasteiger partial charge in [0.25, 0.3) is 0 Å². The zero-order valence-corrected chi connectivity index (χ0v) is 11.8. The molecule has 0 heterocycles. The highest BCUT2D eigenvalue weighted by Gasteiger charge is 2.05. The molecule has 5 heteroatoms. The van der Waals surface area contributed by atoms with Crippen molar-refractivity contribution >= 4 is 23.1 Å². The molecule has 5 nitrogen and oxygen atoms in total. The van der Waals surface area contributed by atoms with Crippen molar-refractivity contribution in [3.05, 3.63) is 48.0 Å². The maximum Gasteiger partial charge on any atom is 0.221 e. The van der Waals surface area contributed by atoms with E-state index in [0.29, 0.717) is 28.4 Å². The van der Waals surface area contributed by atoms with Crippen molar-refractivity contribution in [2.24, 2.45) is 0 Å². The summed E-state index contributed by atoms with van der Waals surface area (Å²) in [5.41, 5.74) is 7.44. The number of benzene rings is 2. The first-order valence-corrected chi connectivity index (χ1v) is 6.41. The van der Waals surface area contributed by atoms with Gasteiger partial charge in [0, 0.05) is 18.6 Å². The molecule has 0 aliphatic carbocycles. The maximum absolute atomic E-state index is 11.2. The number of nitrogens with one attached hydrogen (secondary N) is 1. The lowest BCUT2D eigenvalue weighted by Crippen LogP contribution is -2.07. The molecule has 2 rings (SSSR count). The van der Waals surface area contributed by atoms with Crippen molar-refractivity contribution in [3.63, 3.8) is 0 Å². The molecule has 0 aromatic heterocycles. The molecular weight excluding hydrogens is 268 g/mol. The van der Waals surface area contributed by atoms with Crippen molar-refractivity contribution in [2.75, 3.05) is 11.1 Å². The minimum absolute atomic E-state index is 0.00505. The molecule has 2 aromatic carbocycles. The monoisotopic (exact) mass is 284 g/mol. The number of Topliss-reactive ketones (excluding diaryl/α,β-unsaturated/α-hetero) is 1. The lowest BCUT2D eigenvalue weighted by molar-refractivity contribution is -0.114. The number of anilines is 2. The number of amides is 1. The summed E-state index contributed by atoms with van der Waals surface area (Å²) in [6.45, 7) is 2.93. The molecule has 0 atom stereocenters. The molecule has 0 unspecified atom stereocenters. The number of nitrogens with two attached hydrogens (primary N) is 1. The summed E-state index contributed by atoms with van der Waals surface area (Å²) >= 11 is 0. The maximum atomic E-state index is 11.2. The summed E-state index contributed by atoms with van der Waals surface area (Å²) in [6, 6.07) is 11.9. The van der Waals surface area contributed by atoms with Gasteiger partial charge in [0.2, 0.25) is 5.91 Å². The van der Waals surface area contributed by atoms with Crippen LogP contribution in [0.3, 0.4) is 0 Å². The van der Waals surface area contributed by atoms with Crippen molar-refractivity contribution in [1.82, 2.24) is 0 Å². The first kappa shape index (κ1) is 14.6. The van der Waals surface area contributed by atoms with Crippen LogP contribution in [0.2, 0.25) is 0 Å². The minimum atomic E-state index is -0.185. The fourth-order valence-corrected chi connectivity index (χ4v) is 1.80. The summed E-state index contributed by atoms with van der Waals surface area (Å²) in [5, 5.41) is 2.63. The first-order valence-electron chi connectivity index (χ1n) is 6.41. The highest BCUT2D eigenvalue weighted by Crippen LogP contribution is 2.28. The van der Waals surface area contributed by atoms with Crippen molar-refractivity contribution in [2.45, 2.75) is 13.8 Å². The molecule has 0 aliphatic heterocycles. The standard InChI is InChI=1S/C16H16N2O3/c1-10(19)12-3-5-13(6-4-12)21-14-7-8-16(15(17)9-14)18-11(2)20/h3-9H,17H2,1-2H3,(H,18,20). The minimum Gasteiger partial charge on any atom is -0.457 e. The van der Waals surface area contributed by atoms with Crippen LogP contribution in [0.4, 0.5) is 11.4 Å². The number of rotatable bonds is 4. The van der Waals surface area contributed by atoms with Gasteiger partial charge in [-0.05, 0) is 43.3 Å².